The summed E-state index contributed by atoms with van der Waals surface area (Å²) >= 11 is 0. The molecule has 74 valence electrons. The molecule has 0 atom stereocenters. The van der Waals surface area contributed by atoms with Crippen LogP contribution in [0.1, 0.15) is 25.7 Å². The first-order valence-electron chi connectivity index (χ1n) is 4.10. The molecule has 0 aliphatic carbocycles. The maximum Gasteiger partial charge on any atom is 0.248 e. The summed E-state index contributed by atoms with van der Waals surface area (Å²) < 4.78 is 30.2. The van der Waals surface area contributed by atoms with Gasteiger partial charge in [0.25, 0.3) is 0 Å². The molecule has 1 N–H and O–H groups in total. The molecule has 0 saturated heterocycles. The largest absolute Gasteiger partial charge is 0.396 e. The molecular formula is C8H16F2O2. The Kier molecular flexibility index (Phi) is 6.20. The van der Waals surface area contributed by atoms with Crippen molar-refractivity contribution in [3.05, 3.63) is 0 Å². The van der Waals surface area contributed by atoms with Gasteiger partial charge >= 0.3 is 0 Å². The van der Waals surface area contributed by atoms with Gasteiger partial charge in [-0.1, -0.05) is 0 Å². The highest BCUT2D eigenvalue weighted by atomic mass is 19.3. The molecule has 2 nitrogen and oxygen atoms in total. The second-order valence-corrected chi connectivity index (χ2v) is 2.78. The molecule has 0 bridgehead atoms. The Bertz CT molecular complexity index is 107. The molecule has 0 spiro atoms. The predicted octanol–water partition coefficient (Wildman–Crippen LogP) is 1.82. The molecule has 0 aromatic carbocycles. The molecule has 0 radical (unpaired) electrons. The van der Waals surface area contributed by atoms with Crippen molar-refractivity contribution in [2.75, 3.05) is 20.3 Å². The van der Waals surface area contributed by atoms with E-state index in [-0.39, 0.29) is 25.9 Å². The van der Waals surface area contributed by atoms with Crippen LogP contribution in [0.5, 0.6) is 0 Å². The third kappa shape index (κ3) is 6.49. The summed E-state index contributed by atoms with van der Waals surface area (Å²) in [6.07, 6.45) is 0.156. The molecule has 0 aromatic rings. The number of aliphatic hydroxyl groups excluding tert-OH is 1. The summed E-state index contributed by atoms with van der Waals surface area (Å²) in [6, 6.07) is 0. The molecule has 12 heavy (non-hydrogen) atoms. The molecular weight excluding hydrogens is 166 g/mol. The van der Waals surface area contributed by atoms with E-state index in [1.165, 1.54) is 7.11 Å². The summed E-state index contributed by atoms with van der Waals surface area (Å²) in [4.78, 5) is 0. The lowest BCUT2D eigenvalue weighted by Crippen LogP contribution is -2.17. The molecule has 0 heterocycles. The average molecular weight is 182 g/mol. The zero-order chi connectivity index (χ0) is 9.45. The van der Waals surface area contributed by atoms with Gasteiger partial charge in [0.1, 0.15) is 0 Å². The lowest BCUT2D eigenvalue weighted by atomic mass is 10.1. The molecule has 0 aliphatic rings. The van der Waals surface area contributed by atoms with Crippen molar-refractivity contribution in [3.8, 4) is 0 Å². The van der Waals surface area contributed by atoms with Gasteiger partial charge in [-0.3, -0.25) is 0 Å². The van der Waals surface area contributed by atoms with E-state index < -0.39 is 5.92 Å². The first-order chi connectivity index (χ1) is 5.62. The molecule has 0 aliphatic heterocycles. The number of methoxy groups -OCH3 is 1. The van der Waals surface area contributed by atoms with Crippen molar-refractivity contribution in [2.24, 2.45) is 0 Å². The monoisotopic (exact) mass is 182 g/mol. The predicted molar refractivity (Wildman–Crippen MR) is 42.4 cm³/mol. The molecule has 4 heteroatoms. The number of hydrogen-bond acceptors (Lipinski definition) is 2. The Balaban J connectivity index is 3.42. The Morgan fingerprint density at radius 1 is 1.25 bits per heavy atom. The van der Waals surface area contributed by atoms with Crippen LogP contribution in [0.2, 0.25) is 0 Å². The maximum absolute atomic E-state index is 12.8. The fraction of sp³-hybridized carbons (Fsp3) is 1.00. The molecule has 0 saturated carbocycles. The van der Waals surface area contributed by atoms with Crippen LogP contribution in [-0.4, -0.2) is 31.4 Å². The van der Waals surface area contributed by atoms with Crippen LogP contribution in [0.25, 0.3) is 0 Å². The zero-order valence-corrected chi connectivity index (χ0v) is 7.35. The third-order valence-corrected chi connectivity index (χ3v) is 1.59. The highest BCUT2D eigenvalue weighted by molar-refractivity contribution is 4.65. The Hall–Kier alpha value is -0.220. The third-order valence-electron chi connectivity index (χ3n) is 1.59. The quantitative estimate of drug-likeness (QED) is 0.608. The molecule has 0 aromatic heterocycles. The van der Waals surface area contributed by atoms with Gasteiger partial charge in [0.15, 0.2) is 0 Å². The second kappa shape index (κ2) is 6.31. The highest BCUT2D eigenvalue weighted by Gasteiger charge is 2.26. The SMILES string of the molecule is COCCCC(F)(F)CCCO. The van der Waals surface area contributed by atoms with Crippen LogP contribution in [0, 0.1) is 0 Å². The van der Waals surface area contributed by atoms with E-state index in [1.54, 1.807) is 0 Å². The summed E-state index contributed by atoms with van der Waals surface area (Å²) in [5, 5.41) is 8.34. The first-order valence-corrected chi connectivity index (χ1v) is 4.10. The van der Waals surface area contributed by atoms with E-state index in [4.69, 9.17) is 5.11 Å². The van der Waals surface area contributed by atoms with E-state index in [9.17, 15) is 8.78 Å². The topological polar surface area (TPSA) is 29.5 Å². The lowest BCUT2D eigenvalue weighted by Gasteiger charge is -2.14. The second-order valence-electron chi connectivity index (χ2n) is 2.78. The van der Waals surface area contributed by atoms with E-state index >= 15 is 0 Å². The number of alkyl halides is 2. The number of ether oxygens (including phenoxy) is 1. The van der Waals surface area contributed by atoms with Crippen LogP contribution in [0.15, 0.2) is 0 Å². The van der Waals surface area contributed by atoms with Gasteiger partial charge in [-0.2, -0.15) is 0 Å². The number of halogens is 2. The molecule has 0 unspecified atom stereocenters. The van der Waals surface area contributed by atoms with Crippen molar-refractivity contribution in [1.29, 1.82) is 0 Å². The minimum Gasteiger partial charge on any atom is -0.396 e. The minimum atomic E-state index is -2.64. The van der Waals surface area contributed by atoms with Crippen molar-refractivity contribution in [3.63, 3.8) is 0 Å². The van der Waals surface area contributed by atoms with Gasteiger partial charge in [0, 0.05) is 33.2 Å². The smallest absolute Gasteiger partial charge is 0.248 e. The Labute approximate surface area is 71.5 Å². The van der Waals surface area contributed by atoms with Gasteiger partial charge in [0.05, 0.1) is 0 Å². The minimum absolute atomic E-state index is 0.152. The zero-order valence-electron chi connectivity index (χ0n) is 7.35. The van der Waals surface area contributed by atoms with E-state index in [2.05, 4.69) is 4.74 Å². The van der Waals surface area contributed by atoms with Crippen LogP contribution in [-0.2, 0) is 4.74 Å². The van der Waals surface area contributed by atoms with E-state index in [1.807, 2.05) is 0 Å². The van der Waals surface area contributed by atoms with Crippen molar-refractivity contribution in [2.45, 2.75) is 31.6 Å². The molecule has 0 amide bonds. The van der Waals surface area contributed by atoms with Crippen molar-refractivity contribution >= 4 is 0 Å². The maximum atomic E-state index is 12.8. The summed E-state index contributed by atoms with van der Waals surface area (Å²) in [6.45, 7) is 0.203. The van der Waals surface area contributed by atoms with Gasteiger partial charge in [-0.05, 0) is 12.8 Å². The Morgan fingerprint density at radius 2 is 1.83 bits per heavy atom. The van der Waals surface area contributed by atoms with Crippen molar-refractivity contribution in [1.82, 2.24) is 0 Å². The van der Waals surface area contributed by atoms with Crippen LogP contribution in [0.4, 0.5) is 8.78 Å². The number of aliphatic hydroxyl groups is 1. The Morgan fingerprint density at radius 3 is 2.33 bits per heavy atom. The van der Waals surface area contributed by atoms with Gasteiger partial charge in [0.2, 0.25) is 5.92 Å². The van der Waals surface area contributed by atoms with E-state index in [0.717, 1.165) is 0 Å². The summed E-state index contributed by atoms with van der Waals surface area (Å²) in [7, 11) is 1.49. The van der Waals surface area contributed by atoms with Gasteiger partial charge in [-0.15, -0.1) is 0 Å². The van der Waals surface area contributed by atoms with Gasteiger partial charge in [-0.25, -0.2) is 8.78 Å². The molecule has 0 fully saturated rings. The normalized spacial score (nSPS) is 12.0. The van der Waals surface area contributed by atoms with Crippen LogP contribution in [0.3, 0.4) is 0 Å². The fourth-order valence-electron chi connectivity index (χ4n) is 0.938. The first kappa shape index (κ1) is 11.8. The highest BCUT2D eigenvalue weighted by Crippen LogP contribution is 2.25. The standard InChI is InChI=1S/C8H16F2O2/c1-12-7-3-5-8(9,10)4-2-6-11/h11H,2-7H2,1H3. The summed E-state index contributed by atoms with van der Waals surface area (Å²) in [5.41, 5.74) is 0. The molecule has 0 rings (SSSR count). The number of rotatable bonds is 7. The van der Waals surface area contributed by atoms with Crippen LogP contribution < -0.4 is 0 Å². The number of hydrogen-bond donors (Lipinski definition) is 1. The fourth-order valence-corrected chi connectivity index (χ4v) is 0.938. The van der Waals surface area contributed by atoms with Crippen molar-refractivity contribution < 1.29 is 18.6 Å². The summed E-state index contributed by atoms with van der Waals surface area (Å²) in [5.74, 6) is -2.64. The van der Waals surface area contributed by atoms with E-state index in [0.29, 0.717) is 13.0 Å². The van der Waals surface area contributed by atoms with Crippen LogP contribution >= 0.6 is 0 Å². The lowest BCUT2D eigenvalue weighted by molar-refractivity contribution is -0.0274. The van der Waals surface area contributed by atoms with Gasteiger partial charge < -0.3 is 9.84 Å². The average Bonchev–Trinajstić information content (AvgIpc) is 2.01.